The third-order valence-electron chi connectivity index (χ3n) is 3.82. The van der Waals surface area contributed by atoms with Gasteiger partial charge in [0, 0.05) is 41.5 Å². The Balaban J connectivity index is 1.67. The van der Waals surface area contributed by atoms with E-state index in [1.165, 1.54) is 0 Å². The van der Waals surface area contributed by atoms with Crippen LogP contribution in [0.3, 0.4) is 0 Å². The lowest BCUT2D eigenvalue weighted by Gasteiger charge is -2.17. The van der Waals surface area contributed by atoms with E-state index < -0.39 is 0 Å². The number of thiocarbonyl (C=S) groups is 2. The zero-order valence-electron chi connectivity index (χ0n) is 14.4. The van der Waals surface area contributed by atoms with Crippen LogP contribution in [0.25, 0.3) is 0 Å². The summed E-state index contributed by atoms with van der Waals surface area (Å²) in [4.78, 5) is 2.59. The second-order valence-electron chi connectivity index (χ2n) is 5.82. The molecule has 2 aromatic carbocycles. The fourth-order valence-corrected chi connectivity index (χ4v) is 3.30. The van der Waals surface area contributed by atoms with E-state index in [2.05, 4.69) is 10.4 Å². The lowest BCUT2D eigenvalue weighted by Crippen LogP contribution is -2.27. The van der Waals surface area contributed by atoms with Gasteiger partial charge in [-0.25, -0.2) is 4.68 Å². The molecule has 1 N–H and O–H groups in total. The molecule has 0 aliphatic rings. The second kappa shape index (κ2) is 8.80. The summed E-state index contributed by atoms with van der Waals surface area (Å²) >= 11 is 23.0. The lowest BCUT2D eigenvalue weighted by molar-refractivity contribution is 0.935. The summed E-state index contributed by atoms with van der Waals surface area (Å²) in [6.45, 7) is 0. The van der Waals surface area contributed by atoms with E-state index in [0.29, 0.717) is 27.4 Å². The Kier molecular flexibility index (Phi) is 6.44. The molecule has 0 saturated heterocycles. The quantitative estimate of drug-likeness (QED) is 0.552. The monoisotopic (exact) mass is 434 g/mol. The number of halogens is 2. The van der Waals surface area contributed by atoms with Gasteiger partial charge in [0.2, 0.25) is 0 Å². The van der Waals surface area contributed by atoms with Crippen molar-refractivity contribution in [2.75, 3.05) is 17.3 Å². The van der Waals surface area contributed by atoms with Gasteiger partial charge in [0.25, 0.3) is 0 Å². The molecule has 0 aliphatic carbocycles. The summed E-state index contributed by atoms with van der Waals surface area (Å²) in [6.07, 6.45) is 2.39. The Bertz CT molecular complexity index is 987. The van der Waals surface area contributed by atoms with Gasteiger partial charge in [0.15, 0.2) is 10.9 Å². The number of rotatable bonds is 4. The van der Waals surface area contributed by atoms with Crippen LogP contribution >= 0.6 is 47.6 Å². The summed E-state index contributed by atoms with van der Waals surface area (Å²) in [7, 11) is 1.88. The molecule has 4 nitrogen and oxygen atoms in total. The normalized spacial score (nSPS) is 10.5. The van der Waals surface area contributed by atoms with Crippen molar-refractivity contribution in [3.63, 3.8) is 0 Å². The van der Waals surface area contributed by atoms with E-state index in [9.17, 15) is 0 Å². The fourth-order valence-electron chi connectivity index (χ4n) is 2.42. The second-order valence-corrected chi connectivity index (χ2v) is 7.55. The molecule has 27 heavy (non-hydrogen) atoms. The average molecular weight is 435 g/mol. The number of nitrogens with zero attached hydrogens (tertiary/aromatic N) is 3. The maximum Gasteiger partial charge on any atom is 0.198 e. The van der Waals surface area contributed by atoms with Gasteiger partial charge < -0.3 is 10.2 Å². The van der Waals surface area contributed by atoms with Crippen molar-refractivity contribution in [3.05, 3.63) is 76.4 Å². The molecule has 8 heteroatoms. The van der Waals surface area contributed by atoms with Crippen molar-refractivity contribution in [1.29, 1.82) is 0 Å². The van der Waals surface area contributed by atoms with Gasteiger partial charge in [-0.2, -0.15) is 0 Å². The molecule has 1 heterocycles. The minimum atomic E-state index is 0.442. The van der Waals surface area contributed by atoms with Crippen LogP contribution in [0.4, 0.5) is 11.5 Å². The Morgan fingerprint density at radius 3 is 2.48 bits per heavy atom. The summed E-state index contributed by atoms with van der Waals surface area (Å²) in [5.41, 5.74) is 1.85. The fraction of sp³-hybridized carbons (Fsp3) is 0.105. The van der Waals surface area contributed by atoms with Gasteiger partial charge in [0.1, 0.15) is 0 Å². The Hall–Kier alpha value is -1.99. The first-order valence-electron chi connectivity index (χ1n) is 8.06. The van der Waals surface area contributed by atoms with E-state index >= 15 is 0 Å². The third kappa shape index (κ3) is 5.26. The number of nitrogens with one attached hydrogen (secondary N) is 1. The molecule has 0 spiro atoms. The van der Waals surface area contributed by atoms with Gasteiger partial charge in [-0.15, -0.1) is 5.10 Å². The number of hydrogen-bond donors (Lipinski definition) is 1. The van der Waals surface area contributed by atoms with Crippen LogP contribution < -0.4 is 10.2 Å². The topological polar surface area (TPSA) is 33.1 Å². The van der Waals surface area contributed by atoms with E-state index in [1.54, 1.807) is 23.0 Å². The molecule has 1 aromatic heterocycles. The summed E-state index contributed by atoms with van der Waals surface area (Å²) in [6, 6.07) is 16.8. The van der Waals surface area contributed by atoms with Crippen LogP contribution in [0.15, 0.2) is 60.8 Å². The van der Waals surface area contributed by atoms with E-state index in [0.717, 1.165) is 16.2 Å². The highest BCUT2D eigenvalue weighted by Crippen LogP contribution is 2.17. The van der Waals surface area contributed by atoms with Gasteiger partial charge >= 0.3 is 0 Å². The smallest absolute Gasteiger partial charge is 0.198 e. The third-order valence-corrected chi connectivity index (χ3v) is 5.00. The van der Waals surface area contributed by atoms with Crippen molar-refractivity contribution < 1.29 is 0 Å². The van der Waals surface area contributed by atoms with E-state index in [-0.39, 0.29) is 0 Å². The molecule has 0 unspecified atom stereocenters. The lowest BCUT2D eigenvalue weighted by atomic mass is 10.1. The summed E-state index contributed by atoms with van der Waals surface area (Å²) in [5.74, 6) is 0.706. The number of benzene rings is 2. The number of hydrogen-bond acceptors (Lipinski definition) is 3. The maximum absolute atomic E-state index is 6.04. The van der Waals surface area contributed by atoms with Crippen molar-refractivity contribution in [1.82, 2.24) is 9.78 Å². The maximum atomic E-state index is 6.04. The predicted octanol–water partition coefficient (Wildman–Crippen LogP) is 5.44. The van der Waals surface area contributed by atoms with Crippen LogP contribution in [0.1, 0.15) is 5.56 Å². The Morgan fingerprint density at radius 1 is 1.07 bits per heavy atom. The van der Waals surface area contributed by atoms with Crippen LogP contribution in [-0.4, -0.2) is 26.9 Å². The first-order valence-corrected chi connectivity index (χ1v) is 9.63. The van der Waals surface area contributed by atoms with Crippen molar-refractivity contribution in [2.45, 2.75) is 6.42 Å². The van der Waals surface area contributed by atoms with E-state index in [4.69, 9.17) is 47.6 Å². The van der Waals surface area contributed by atoms with Crippen LogP contribution in [-0.2, 0) is 6.42 Å². The highest BCUT2D eigenvalue weighted by atomic mass is 35.5. The van der Waals surface area contributed by atoms with Crippen molar-refractivity contribution >= 4 is 69.2 Å². The van der Waals surface area contributed by atoms with Gasteiger partial charge in [-0.05, 0) is 48.1 Å². The molecule has 138 valence electrons. The molecular weight excluding hydrogens is 419 g/mol. The molecule has 3 rings (SSSR count). The molecule has 0 amide bonds. The van der Waals surface area contributed by atoms with Gasteiger partial charge in [0.05, 0.1) is 4.99 Å². The molecule has 3 aromatic rings. The predicted molar refractivity (Wildman–Crippen MR) is 121 cm³/mol. The summed E-state index contributed by atoms with van der Waals surface area (Å²) < 4.78 is 1.59. The number of likely N-dealkylation sites (N-methyl/N-ethyl adjacent to an activating group) is 1. The molecule has 0 radical (unpaired) electrons. The number of anilines is 2. The molecular formula is C19H16Cl2N4S2. The van der Waals surface area contributed by atoms with Crippen LogP contribution in [0.2, 0.25) is 10.0 Å². The Morgan fingerprint density at radius 2 is 1.78 bits per heavy atom. The highest BCUT2D eigenvalue weighted by molar-refractivity contribution is 7.80. The zero-order chi connectivity index (χ0) is 19.4. The molecule has 0 aliphatic heterocycles. The van der Waals surface area contributed by atoms with Gasteiger partial charge in [-0.3, -0.25) is 0 Å². The molecule has 0 bridgehead atoms. The Labute approximate surface area is 178 Å². The largest absolute Gasteiger partial charge is 0.331 e. The molecule has 0 saturated carbocycles. The van der Waals surface area contributed by atoms with Crippen LogP contribution in [0, 0.1) is 0 Å². The van der Waals surface area contributed by atoms with Crippen molar-refractivity contribution in [2.24, 2.45) is 0 Å². The first kappa shape index (κ1) is 19.8. The van der Waals surface area contributed by atoms with E-state index in [1.807, 2.05) is 54.4 Å². The summed E-state index contributed by atoms with van der Waals surface area (Å²) in [5, 5.41) is 9.38. The zero-order valence-corrected chi connectivity index (χ0v) is 17.5. The minimum absolute atomic E-state index is 0.442. The minimum Gasteiger partial charge on any atom is -0.331 e. The number of aromatic nitrogens is 2. The highest BCUT2D eigenvalue weighted by Gasteiger charge is 2.12. The standard InChI is InChI=1S/C19H16Cl2N4S2/c1-24(18(26)11-13-4-2-5-14(20)10-13)17-8-9-25(23-17)19(27)22-16-7-3-6-15(21)12-16/h2-10,12H,11H2,1H3,(H,22,27). The molecule has 0 atom stereocenters. The van der Waals surface area contributed by atoms with Crippen molar-refractivity contribution in [3.8, 4) is 0 Å². The molecule has 0 fully saturated rings. The first-order chi connectivity index (χ1) is 12.9. The average Bonchev–Trinajstić information content (AvgIpc) is 3.11. The van der Waals surface area contributed by atoms with Gasteiger partial charge in [-0.1, -0.05) is 53.6 Å². The SMILES string of the molecule is CN(C(=S)Cc1cccc(Cl)c1)c1ccn(C(=S)Nc2cccc(Cl)c2)n1. The van der Waals surface area contributed by atoms with Crippen LogP contribution in [0.5, 0.6) is 0 Å².